The number of rotatable bonds is 2. The minimum absolute atomic E-state index is 0.168. The first-order chi connectivity index (χ1) is 13.2. The summed E-state index contributed by atoms with van der Waals surface area (Å²) in [7, 11) is 0. The molecule has 2 heterocycles. The van der Waals surface area contributed by atoms with Crippen molar-refractivity contribution in [2.45, 2.75) is 6.92 Å². The predicted molar refractivity (Wildman–Crippen MR) is 107 cm³/mol. The molecule has 1 N–H and O–H groups in total. The molecule has 0 fully saturated rings. The SMILES string of the molecule is Cc1c2ccccc2n2c1nnc1cc(C(=O)Nc3ccccc3)ccc12. The molecule has 5 nitrogen and oxygen atoms in total. The standard InChI is InChI=1S/C22H16N4O/c1-14-17-9-5-6-10-19(17)26-20-12-11-15(13-18(20)24-25-21(14)26)22(27)23-16-7-3-2-4-8-16/h2-13H,1H3,(H,23,27). The zero-order valence-electron chi connectivity index (χ0n) is 14.7. The molecule has 0 saturated heterocycles. The lowest BCUT2D eigenvalue weighted by atomic mass is 10.1. The van der Waals surface area contributed by atoms with E-state index in [0.717, 1.165) is 33.3 Å². The number of nitrogens with one attached hydrogen (secondary N) is 1. The molecule has 3 aromatic carbocycles. The summed E-state index contributed by atoms with van der Waals surface area (Å²) in [5.74, 6) is -0.168. The van der Waals surface area contributed by atoms with E-state index in [1.54, 1.807) is 6.07 Å². The highest BCUT2D eigenvalue weighted by atomic mass is 16.1. The molecule has 2 aromatic heterocycles. The average Bonchev–Trinajstić information content (AvgIpc) is 3.01. The first kappa shape index (κ1) is 15.5. The summed E-state index contributed by atoms with van der Waals surface area (Å²) in [6.07, 6.45) is 0. The van der Waals surface area contributed by atoms with Crippen LogP contribution in [0, 0.1) is 6.92 Å². The van der Waals surface area contributed by atoms with Crippen molar-refractivity contribution in [3.63, 3.8) is 0 Å². The van der Waals surface area contributed by atoms with Crippen LogP contribution in [0.1, 0.15) is 15.9 Å². The molecule has 0 unspecified atom stereocenters. The molecule has 0 saturated carbocycles. The van der Waals surface area contributed by atoms with Gasteiger partial charge in [-0.05, 0) is 43.3 Å². The monoisotopic (exact) mass is 352 g/mol. The number of carbonyl (C=O) groups is 1. The van der Waals surface area contributed by atoms with E-state index in [9.17, 15) is 4.79 Å². The van der Waals surface area contributed by atoms with Gasteiger partial charge in [-0.1, -0.05) is 36.4 Å². The Kier molecular flexibility index (Phi) is 3.40. The first-order valence-corrected chi connectivity index (χ1v) is 8.75. The van der Waals surface area contributed by atoms with Crippen molar-refractivity contribution in [3.8, 4) is 0 Å². The predicted octanol–water partition coefficient (Wildman–Crippen LogP) is 4.60. The Bertz CT molecular complexity index is 1320. The van der Waals surface area contributed by atoms with Gasteiger partial charge in [0.1, 0.15) is 5.52 Å². The van der Waals surface area contributed by atoms with Crippen LogP contribution in [0.3, 0.4) is 0 Å². The first-order valence-electron chi connectivity index (χ1n) is 8.75. The van der Waals surface area contributed by atoms with Crippen LogP contribution in [0.25, 0.3) is 27.6 Å². The van der Waals surface area contributed by atoms with E-state index < -0.39 is 0 Å². The summed E-state index contributed by atoms with van der Waals surface area (Å²) in [6.45, 7) is 2.06. The molecule has 0 aliphatic heterocycles. The molecule has 5 aromatic rings. The highest BCUT2D eigenvalue weighted by Crippen LogP contribution is 2.27. The number of anilines is 1. The van der Waals surface area contributed by atoms with Crippen molar-refractivity contribution in [1.29, 1.82) is 0 Å². The van der Waals surface area contributed by atoms with E-state index in [-0.39, 0.29) is 5.91 Å². The number of amides is 1. The van der Waals surface area contributed by atoms with Crippen molar-refractivity contribution in [2.75, 3.05) is 5.32 Å². The second kappa shape index (κ2) is 5.92. The van der Waals surface area contributed by atoms with Gasteiger partial charge in [0.25, 0.3) is 5.91 Å². The molecule has 5 rings (SSSR count). The minimum atomic E-state index is -0.168. The molecule has 0 bridgehead atoms. The quantitative estimate of drug-likeness (QED) is 0.505. The Labute approximate surface area is 155 Å². The zero-order chi connectivity index (χ0) is 18.4. The lowest BCUT2D eigenvalue weighted by Crippen LogP contribution is -2.12. The van der Waals surface area contributed by atoms with Crippen LogP contribution in [0.2, 0.25) is 0 Å². The third-order valence-electron chi connectivity index (χ3n) is 4.86. The van der Waals surface area contributed by atoms with Crippen LogP contribution in [0.5, 0.6) is 0 Å². The molecule has 0 aliphatic carbocycles. The molecule has 1 amide bonds. The number of para-hydroxylation sites is 2. The van der Waals surface area contributed by atoms with Crippen LogP contribution in [-0.4, -0.2) is 20.5 Å². The van der Waals surface area contributed by atoms with Crippen molar-refractivity contribution >= 4 is 39.2 Å². The lowest BCUT2D eigenvalue weighted by Gasteiger charge is -2.07. The second-order valence-electron chi connectivity index (χ2n) is 6.52. The Morgan fingerprint density at radius 3 is 2.52 bits per heavy atom. The van der Waals surface area contributed by atoms with Gasteiger partial charge in [-0.3, -0.25) is 9.20 Å². The van der Waals surface area contributed by atoms with Crippen molar-refractivity contribution < 1.29 is 4.79 Å². The maximum Gasteiger partial charge on any atom is 0.255 e. The van der Waals surface area contributed by atoms with Crippen molar-refractivity contribution in [1.82, 2.24) is 14.6 Å². The van der Waals surface area contributed by atoms with Gasteiger partial charge < -0.3 is 5.32 Å². The number of carbonyl (C=O) groups excluding carboxylic acids is 1. The van der Waals surface area contributed by atoms with E-state index in [0.29, 0.717) is 11.1 Å². The normalized spacial score (nSPS) is 11.3. The summed E-state index contributed by atoms with van der Waals surface area (Å²) < 4.78 is 2.10. The van der Waals surface area contributed by atoms with Crippen LogP contribution in [0.4, 0.5) is 5.69 Å². The Hall–Kier alpha value is -3.73. The van der Waals surface area contributed by atoms with Gasteiger partial charge in [-0.2, -0.15) is 0 Å². The topological polar surface area (TPSA) is 59.3 Å². The number of fused-ring (bicyclic) bond motifs is 5. The van der Waals surface area contributed by atoms with Crippen LogP contribution < -0.4 is 5.32 Å². The third kappa shape index (κ3) is 2.44. The fourth-order valence-electron chi connectivity index (χ4n) is 3.51. The number of benzene rings is 3. The summed E-state index contributed by atoms with van der Waals surface area (Å²) >= 11 is 0. The van der Waals surface area contributed by atoms with Crippen molar-refractivity contribution in [3.05, 3.63) is 83.9 Å². The van der Waals surface area contributed by atoms with E-state index in [1.165, 1.54) is 0 Å². The smallest absolute Gasteiger partial charge is 0.255 e. The molecule has 0 radical (unpaired) electrons. The van der Waals surface area contributed by atoms with Gasteiger partial charge in [-0.25, -0.2) is 0 Å². The number of hydrogen-bond acceptors (Lipinski definition) is 3. The summed E-state index contributed by atoms with van der Waals surface area (Å²) in [5, 5.41) is 12.8. The molecule has 5 heteroatoms. The maximum atomic E-state index is 12.6. The van der Waals surface area contributed by atoms with Crippen molar-refractivity contribution in [2.24, 2.45) is 0 Å². The fraction of sp³-hybridized carbons (Fsp3) is 0.0455. The number of aromatic nitrogens is 3. The van der Waals surface area contributed by atoms with Crippen LogP contribution in [-0.2, 0) is 0 Å². The highest BCUT2D eigenvalue weighted by Gasteiger charge is 2.14. The van der Waals surface area contributed by atoms with Gasteiger partial charge in [0.05, 0.1) is 11.0 Å². The van der Waals surface area contributed by atoms with E-state index in [2.05, 4.69) is 39.0 Å². The number of aryl methyl sites for hydroxylation is 1. The van der Waals surface area contributed by atoms with E-state index in [1.807, 2.05) is 54.6 Å². The van der Waals surface area contributed by atoms with E-state index >= 15 is 0 Å². The van der Waals surface area contributed by atoms with Gasteiger partial charge in [0, 0.05) is 22.2 Å². The highest BCUT2D eigenvalue weighted by molar-refractivity contribution is 6.06. The third-order valence-corrected chi connectivity index (χ3v) is 4.86. The fourth-order valence-corrected chi connectivity index (χ4v) is 3.51. The molecular formula is C22H16N4O. The maximum absolute atomic E-state index is 12.6. The Morgan fingerprint density at radius 1 is 0.889 bits per heavy atom. The lowest BCUT2D eigenvalue weighted by molar-refractivity contribution is 0.102. The second-order valence-corrected chi connectivity index (χ2v) is 6.52. The molecule has 0 atom stereocenters. The molecule has 27 heavy (non-hydrogen) atoms. The van der Waals surface area contributed by atoms with Gasteiger partial charge >= 0.3 is 0 Å². The van der Waals surface area contributed by atoms with Gasteiger partial charge in [-0.15, -0.1) is 10.2 Å². The Balaban J connectivity index is 1.65. The average molecular weight is 352 g/mol. The van der Waals surface area contributed by atoms with Gasteiger partial charge in [0.2, 0.25) is 0 Å². The largest absolute Gasteiger partial charge is 0.322 e. The van der Waals surface area contributed by atoms with Crippen LogP contribution in [0.15, 0.2) is 72.8 Å². The number of nitrogens with zero attached hydrogens (tertiary/aromatic N) is 3. The molecular weight excluding hydrogens is 336 g/mol. The van der Waals surface area contributed by atoms with Gasteiger partial charge in [0.15, 0.2) is 5.65 Å². The number of hydrogen-bond donors (Lipinski definition) is 1. The zero-order valence-corrected chi connectivity index (χ0v) is 14.7. The minimum Gasteiger partial charge on any atom is -0.322 e. The summed E-state index contributed by atoms with van der Waals surface area (Å²) in [6, 6.07) is 23.1. The molecule has 130 valence electrons. The van der Waals surface area contributed by atoms with Crippen LogP contribution >= 0.6 is 0 Å². The Morgan fingerprint density at radius 2 is 1.67 bits per heavy atom. The molecule has 0 spiro atoms. The summed E-state index contributed by atoms with van der Waals surface area (Å²) in [5.41, 5.74) is 5.95. The van der Waals surface area contributed by atoms with E-state index in [4.69, 9.17) is 0 Å². The summed E-state index contributed by atoms with van der Waals surface area (Å²) in [4.78, 5) is 12.6. The molecule has 0 aliphatic rings.